The number of nitrogens with two attached hydrogens (primary N) is 1. The van der Waals surface area contributed by atoms with Gasteiger partial charge in [-0.1, -0.05) is 11.8 Å². The summed E-state index contributed by atoms with van der Waals surface area (Å²) in [7, 11) is -4.53. The second-order valence-corrected chi connectivity index (χ2v) is 11.8. The second kappa shape index (κ2) is 11.2. The molecule has 1 heterocycles. The summed E-state index contributed by atoms with van der Waals surface area (Å²) in [6.07, 6.45) is -1.80. The highest BCUT2D eigenvalue weighted by molar-refractivity contribution is 8.14. The Kier molecular flexibility index (Phi) is 9.08. The molecule has 13 nitrogen and oxygen atoms in total. The summed E-state index contributed by atoms with van der Waals surface area (Å²) in [5, 5.41) is 15.5. The molecule has 0 aromatic heterocycles. The molecule has 0 saturated carbocycles. The Morgan fingerprint density at radius 1 is 1.26 bits per heavy atom. The zero-order chi connectivity index (χ0) is 26.6. The van der Waals surface area contributed by atoms with Crippen LogP contribution in [-0.4, -0.2) is 69.8 Å². The van der Waals surface area contributed by atoms with Crippen LogP contribution in [0.2, 0.25) is 0 Å². The fourth-order valence-electron chi connectivity index (χ4n) is 3.32. The number of hydrogen-bond donors (Lipinski definition) is 1. The van der Waals surface area contributed by atoms with Gasteiger partial charge in [0.1, 0.15) is 12.2 Å². The van der Waals surface area contributed by atoms with Gasteiger partial charge in [0.15, 0.2) is 5.12 Å². The zero-order valence-electron chi connectivity index (χ0n) is 19.7. The number of amides is 2. The Morgan fingerprint density at radius 3 is 2.34 bits per heavy atom. The van der Waals surface area contributed by atoms with Gasteiger partial charge in [-0.25, -0.2) is 14.7 Å². The molecule has 1 aromatic carbocycles. The van der Waals surface area contributed by atoms with Crippen LogP contribution >= 0.6 is 11.8 Å². The molecule has 2 N–H and O–H groups in total. The summed E-state index contributed by atoms with van der Waals surface area (Å²) in [4.78, 5) is 48.4. The average molecular weight is 533 g/mol. The first-order valence-electron chi connectivity index (χ1n) is 10.4. The van der Waals surface area contributed by atoms with E-state index in [1.807, 2.05) is 0 Å². The minimum absolute atomic E-state index is 0.0702. The monoisotopic (exact) mass is 532 g/mol. The van der Waals surface area contributed by atoms with Gasteiger partial charge < -0.3 is 14.4 Å². The van der Waals surface area contributed by atoms with Gasteiger partial charge >= 0.3 is 22.4 Å². The van der Waals surface area contributed by atoms with Gasteiger partial charge in [-0.15, -0.1) is 0 Å². The molecule has 1 aliphatic heterocycles. The number of ether oxygens (including phenoxy) is 2. The van der Waals surface area contributed by atoms with E-state index >= 15 is 0 Å². The number of carbonyl (C=O) groups is 3. The summed E-state index contributed by atoms with van der Waals surface area (Å²) in [5.41, 5.74) is -0.616. The summed E-state index contributed by atoms with van der Waals surface area (Å²) < 4.78 is 35.1. The number of nitro groups is 1. The number of thioether (sulfide) groups is 1. The Balaban J connectivity index is 2.19. The maximum absolute atomic E-state index is 12.9. The third-order valence-corrected chi connectivity index (χ3v) is 6.65. The van der Waals surface area contributed by atoms with Crippen LogP contribution in [0.1, 0.15) is 39.7 Å². The van der Waals surface area contributed by atoms with Crippen LogP contribution in [0.15, 0.2) is 24.3 Å². The Labute approximate surface area is 207 Å². The van der Waals surface area contributed by atoms with Gasteiger partial charge in [0.05, 0.1) is 17.5 Å². The molecule has 2 amide bonds. The predicted molar refractivity (Wildman–Crippen MR) is 126 cm³/mol. The first kappa shape index (κ1) is 28.3. The van der Waals surface area contributed by atoms with Crippen molar-refractivity contribution < 1.29 is 37.2 Å². The van der Waals surface area contributed by atoms with Crippen LogP contribution in [0.25, 0.3) is 0 Å². The highest BCUT2D eigenvalue weighted by Gasteiger charge is 2.41. The van der Waals surface area contributed by atoms with E-state index in [9.17, 15) is 32.9 Å². The van der Waals surface area contributed by atoms with Gasteiger partial charge in [-0.05, 0) is 44.9 Å². The van der Waals surface area contributed by atoms with Crippen molar-refractivity contribution in [1.29, 1.82) is 0 Å². The van der Waals surface area contributed by atoms with E-state index in [2.05, 4.69) is 0 Å². The fourth-order valence-corrected chi connectivity index (χ4v) is 4.97. The Bertz CT molecular complexity index is 1070. The zero-order valence-corrected chi connectivity index (χ0v) is 21.3. The summed E-state index contributed by atoms with van der Waals surface area (Å²) >= 11 is 0.991. The molecule has 0 aliphatic carbocycles. The minimum Gasteiger partial charge on any atom is -0.445 e. The molecule has 1 unspecified atom stereocenters. The van der Waals surface area contributed by atoms with E-state index in [0.717, 1.165) is 11.8 Å². The SMILES string of the molecule is CC(=O)SC1C[C@@H](CN(C(=O)OC(C)(C)C)S(N)(=O)=O)N(C(=O)OCc2ccc([N+](=O)[O-])cc2)C1. The van der Waals surface area contributed by atoms with Crippen molar-refractivity contribution >= 4 is 45.0 Å². The van der Waals surface area contributed by atoms with Crippen LogP contribution in [0.5, 0.6) is 0 Å². The van der Waals surface area contributed by atoms with Gasteiger partial charge in [0.25, 0.3) is 5.69 Å². The number of benzene rings is 1. The van der Waals surface area contributed by atoms with E-state index in [1.54, 1.807) is 20.8 Å². The fraction of sp³-hybridized carbons (Fsp3) is 0.550. The molecule has 0 bridgehead atoms. The van der Waals surface area contributed by atoms with E-state index < -0.39 is 45.5 Å². The van der Waals surface area contributed by atoms with Crippen molar-refractivity contribution in [3.63, 3.8) is 0 Å². The highest BCUT2D eigenvalue weighted by Crippen LogP contribution is 2.30. The molecule has 1 saturated heterocycles. The number of hydrogen-bond acceptors (Lipinski definition) is 10. The molecule has 1 aromatic rings. The molecule has 1 fully saturated rings. The summed E-state index contributed by atoms with van der Waals surface area (Å²) in [6, 6.07) is 4.58. The predicted octanol–water partition coefficient (Wildman–Crippen LogP) is 2.39. The lowest BCUT2D eigenvalue weighted by Gasteiger charge is -2.30. The minimum atomic E-state index is -4.53. The number of rotatable bonds is 7. The van der Waals surface area contributed by atoms with Crippen LogP contribution in [-0.2, 0) is 31.1 Å². The standard InChI is InChI=1S/C20H28N4O9S2/c1-13(25)34-17-9-16(10-23(35(21,30)31)19(27)33-20(2,3)4)22(11-17)18(26)32-12-14-5-7-15(8-6-14)24(28)29/h5-8,16-17H,9-12H2,1-4H3,(H2,21,30,31)/t16-,17?/m0/s1. The average Bonchev–Trinajstić information content (AvgIpc) is 3.10. The second-order valence-electron chi connectivity index (χ2n) is 8.81. The molecule has 35 heavy (non-hydrogen) atoms. The number of carbonyl (C=O) groups excluding carboxylic acids is 3. The van der Waals surface area contributed by atoms with Crippen molar-refractivity contribution in [2.24, 2.45) is 5.14 Å². The Hall–Kier alpha value is -2.91. The highest BCUT2D eigenvalue weighted by atomic mass is 32.2. The largest absolute Gasteiger partial charge is 0.445 e. The van der Waals surface area contributed by atoms with Gasteiger partial charge in [0.2, 0.25) is 0 Å². The first-order valence-corrected chi connectivity index (χ1v) is 12.8. The number of non-ortho nitro benzene ring substituents is 1. The number of likely N-dealkylation sites (tertiary alicyclic amines) is 1. The molecular weight excluding hydrogens is 504 g/mol. The van der Waals surface area contributed by atoms with E-state index in [0.29, 0.717) is 9.87 Å². The number of nitrogens with zero attached hydrogens (tertiary/aromatic N) is 3. The number of nitro benzene ring substituents is 1. The summed E-state index contributed by atoms with van der Waals surface area (Å²) in [6.45, 7) is 5.42. The van der Waals surface area contributed by atoms with Crippen molar-refractivity contribution in [1.82, 2.24) is 9.21 Å². The van der Waals surface area contributed by atoms with Crippen LogP contribution in [0.4, 0.5) is 15.3 Å². The molecule has 0 radical (unpaired) electrons. The molecule has 0 spiro atoms. The maximum Gasteiger partial charge on any atom is 0.425 e. The van der Waals surface area contributed by atoms with Crippen LogP contribution < -0.4 is 5.14 Å². The smallest absolute Gasteiger partial charge is 0.425 e. The molecular formula is C20H28N4O9S2. The van der Waals surface area contributed by atoms with Crippen LogP contribution in [0.3, 0.4) is 0 Å². The quantitative estimate of drug-likeness (QED) is 0.404. The van der Waals surface area contributed by atoms with Crippen molar-refractivity contribution in [3.8, 4) is 0 Å². The molecule has 1 aliphatic rings. The topological polar surface area (TPSA) is 179 Å². The lowest BCUT2D eigenvalue weighted by molar-refractivity contribution is -0.384. The van der Waals surface area contributed by atoms with Crippen LogP contribution in [0, 0.1) is 10.1 Å². The van der Waals surface area contributed by atoms with Gasteiger partial charge in [0, 0.05) is 30.9 Å². The van der Waals surface area contributed by atoms with E-state index in [4.69, 9.17) is 14.6 Å². The van der Waals surface area contributed by atoms with Crippen molar-refractivity contribution in [2.75, 3.05) is 13.1 Å². The molecule has 15 heteroatoms. The molecule has 2 rings (SSSR count). The molecule has 2 atom stereocenters. The van der Waals surface area contributed by atoms with Gasteiger partial charge in [-0.3, -0.25) is 14.9 Å². The summed E-state index contributed by atoms with van der Waals surface area (Å²) in [5.74, 6) is 0. The lowest BCUT2D eigenvalue weighted by Crippen LogP contribution is -2.50. The maximum atomic E-state index is 12.9. The molecule has 194 valence electrons. The van der Waals surface area contributed by atoms with Crippen molar-refractivity contribution in [3.05, 3.63) is 39.9 Å². The third kappa shape index (κ3) is 8.67. The van der Waals surface area contributed by atoms with E-state index in [1.165, 1.54) is 36.1 Å². The lowest BCUT2D eigenvalue weighted by atomic mass is 10.2. The first-order chi connectivity index (χ1) is 16.1. The van der Waals surface area contributed by atoms with Gasteiger partial charge in [-0.2, -0.15) is 12.7 Å². The normalized spacial score (nSPS) is 18.1. The van der Waals surface area contributed by atoms with Crippen molar-refractivity contribution in [2.45, 2.75) is 57.6 Å². The third-order valence-electron chi connectivity index (χ3n) is 4.73. The Morgan fingerprint density at radius 2 is 1.86 bits per heavy atom. The van der Waals surface area contributed by atoms with E-state index in [-0.39, 0.29) is 35.6 Å².